The highest BCUT2D eigenvalue weighted by Crippen LogP contribution is 2.32. The molecule has 1 unspecified atom stereocenters. The molecular weight excluding hydrogens is 304 g/mol. The standard InChI is InChI=1S/C19H22N2O3/c1-23-15-4-5-17-13(9-15)6-7-21-18(17)10-14(11-19(21)22)20-12-16-3-2-8-24-16/h4-5,9-11,16,20H,2-3,6-8,12H2,1H3. The number of ether oxygens (including phenoxy) is 2. The summed E-state index contributed by atoms with van der Waals surface area (Å²) in [6, 6.07) is 9.82. The van der Waals surface area contributed by atoms with Gasteiger partial charge in [0, 0.05) is 37.0 Å². The maximum Gasteiger partial charge on any atom is 0.253 e. The zero-order valence-corrected chi connectivity index (χ0v) is 13.9. The van der Waals surface area contributed by atoms with Crippen LogP contribution in [0.25, 0.3) is 11.3 Å². The molecule has 24 heavy (non-hydrogen) atoms. The lowest BCUT2D eigenvalue weighted by Gasteiger charge is -2.23. The Labute approximate surface area is 141 Å². The maximum absolute atomic E-state index is 12.5. The molecule has 2 aromatic rings. The molecule has 3 heterocycles. The van der Waals surface area contributed by atoms with Crippen LogP contribution in [0.3, 0.4) is 0 Å². The third-order valence-electron chi connectivity index (χ3n) is 4.88. The average Bonchev–Trinajstić information content (AvgIpc) is 3.12. The Balaban J connectivity index is 1.66. The Morgan fingerprint density at radius 3 is 3.04 bits per heavy atom. The van der Waals surface area contributed by atoms with Crippen LogP contribution in [0.5, 0.6) is 5.75 Å². The van der Waals surface area contributed by atoms with E-state index in [0.717, 1.165) is 55.1 Å². The fraction of sp³-hybridized carbons (Fsp3) is 0.421. The largest absolute Gasteiger partial charge is 0.497 e. The number of hydrogen-bond donors (Lipinski definition) is 1. The van der Waals surface area contributed by atoms with Gasteiger partial charge >= 0.3 is 0 Å². The van der Waals surface area contributed by atoms with Crippen molar-refractivity contribution >= 4 is 5.69 Å². The summed E-state index contributed by atoms with van der Waals surface area (Å²) in [5.41, 5.74) is 4.22. The molecule has 2 aliphatic rings. The molecule has 0 aliphatic carbocycles. The van der Waals surface area contributed by atoms with Gasteiger partial charge in [0.25, 0.3) is 5.56 Å². The minimum absolute atomic E-state index is 0.0452. The normalized spacial score (nSPS) is 18.8. The highest BCUT2D eigenvalue weighted by Gasteiger charge is 2.19. The Kier molecular flexibility index (Phi) is 4.02. The quantitative estimate of drug-likeness (QED) is 0.938. The summed E-state index contributed by atoms with van der Waals surface area (Å²) < 4.78 is 12.8. The fourth-order valence-corrected chi connectivity index (χ4v) is 3.58. The van der Waals surface area contributed by atoms with Crippen LogP contribution in [0.1, 0.15) is 18.4 Å². The van der Waals surface area contributed by atoms with Gasteiger partial charge in [-0.05, 0) is 49.1 Å². The van der Waals surface area contributed by atoms with Crippen LogP contribution in [0, 0.1) is 0 Å². The monoisotopic (exact) mass is 326 g/mol. The summed E-state index contributed by atoms with van der Waals surface area (Å²) in [6.45, 7) is 2.30. The second kappa shape index (κ2) is 6.32. The predicted octanol–water partition coefficient (Wildman–Crippen LogP) is 2.67. The van der Waals surface area contributed by atoms with E-state index in [1.807, 2.05) is 16.7 Å². The summed E-state index contributed by atoms with van der Waals surface area (Å²) in [6.07, 6.45) is 3.30. The Hall–Kier alpha value is -2.27. The molecule has 0 saturated carbocycles. The van der Waals surface area contributed by atoms with E-state index in [1.165, 1.54) is 5.56 Å². The van der Waals surface area contributed by atoms with Gasteiger partial charge in [0.05, 0.1) is 18.9 Å². The second-order valence-electron chi connectivity index (χ2n) is 6.41. The molecular formula is C19H22N2O3. The fourth-order valence-electron chi connectivity index (χ4n) is 3.58. The van der Waals surface area contributed by atoms with Crippen molar-refractivity contribution in [3.05, 3.63) is 46.2 Å². The molecule has 0 amide bonds. The minimum Gasteiger partial charge on any atom is -0.497 e. The topological polar surface area (TPSA) is 52.5 Å². The summed E-state index contributed by atoms with van der Waals surface area (Å²) >= 11 is 0. The van der Waals surface area contributed by atoms with Crippen LogP contribution >= 0.6 is 0 Å². The summed E-state index contributed by atoms with van der Waals surface area (Å²) in [5, 5.41) is 3.37. The molecule has 0 bridgehead atoms. The molecule has 0 radical (unpaired) electrons. The van der Waals surface area contributed by atoms with E-state index in [4.69, 9.17) is 9.47 Å². The van der Waals surface area contributed by atoms with Gasteiger partial charge < -0.3 is 19.4 Å². The maximum atomic E-state index is 12.5. The molecule has 2 aliphatic heterocycles. The highest BCUT2D eigenvalue weighted by atomic mass is 16.5. The third-order valence-corrected chi connectivity index (χ3v) is 4.88. The number of anilines is 1. The van der Waals surface area contributed by atoms with Gasteiger partial charge in [-0.2, -0.15) is 0 Å². The Morgan fingerprint density at radius 2 is 2.25 bits per heavy atom. The molecule has 1 atom stereocenters. The number of aromatic nitrogens is 1. The minimum atomic E-state index is 0.0452. The molecule has 0 spiro atoms. The molecule has 5 heteroatoms. The predicted molar refractivity (Wildman–Crippen MR) is 93.9 cm³/mol. The number of fused-ring (bicyclic) bond motifs is 3. The molecule has 1 fully saturated rings. The molecule has 126 valence electrons. The Morgan fingerprint density at radius 1 is 1.33 bits per heavy atom. The number of nitrogens with zero attached hydrogens (tertiary/aromatic N) is 1. The number of rotatable bonds is 4. The molecule has 1 N–H and O–H groups in total. The number of methoxy groups -OCH3 is 1. The molecule has 1 aromatic carbocycles. The SMILES string of the molecule is COc1ccc2c(c1)CCn1c-2cc(NCC2CCCO2)cc1=O. The summed E-state index contributed by atoms with van der Waals surface area (Å²) in [5.74, 6) is 0.859. The first-order chi connectivity index (χ1) is 11.7. The zero-order chi connectivity index (χ0) is 16.5. The van der Waals surface area contributed by atoms with E-state index in [-0.39, 0.29) is 11.7 Å². The highest BCUT2D eigenvalue weighted by molar-refractivity contribution is 5.70. The smallest absolute Gasteiger partial charge is 0.253 e. The third kappa shape index (κ3) is 2.80. The van der Waals surface area contributed by atoms with Crippen LogP contribution in [-0.4, -0.2) is 30.9 Å². The van der Waals surface area contributed by atoms with E-state index >= 15 is 0 Å². The van der Waals surface area contributed by atoms with Crippen LogP contribution in [-0.2, 0) is 17.7 Å². The lowest BCUT2D eigenvalue weighted by Crippen LogP contribution is -2.27. The van der Waals surface area contributed by atoms with Crippen molar-refractivity contribution in [3.8, 4) is 17.0 Å². The second-order valence-corrected chi connectivity index (χ2v) is 6.41. The van der Waals surface area contributed by atoms with Gasteiger partial charge in [0.1, 0.15) is 5.75 Å². The first-order valence-corrected chi connectivity index (χ1v) is 8.52. The van der Waals surface area contributed by atoms with Gasteiger partial charge in [-0.3, -0.25) is 4.79 Å². The zero-order valence-electron chi connectivity index (χ0n) is 13.9. The van der Waals surface area contributed by atoms with E-state index in [2.05, 4.69) is 17.4 Å². The Bertz CT molecular complexity index is 807. The number of hydrogen-bond acceptors (Lipinski definition) is 4. The van der Waals surface area contributed by atoms with Crippen molar-refractivity contribution in [1.29, 1.82) is 0 Å². The van der Waals surface area contributed by atoms with E-state index in [0.29, 0.717) is 6.54 Å². The van der Waals surface area contributed by atoms with Gasteiger partial charge in [-0.15, -0.1) is 0 Å². The lowest BCUT2D eigenvalue weighted by atomic mass is 9.97. The molecule has 1 aromatic heterocycles. The number of aryl methyl sites for hydroxylation is 1. The van der Waals surface area contributed by atoms with Crippen molar-refractivity contribution in [3.63, 3.8) is 0 Å². The van der Waals surface area contributed by atoms with E-state index in [9.17, 15) is 4.79 Å². The number of pyridine rings is 1. The lowest BCUT2D eigenvalue weighted by molar-refractivity contribution is 0.120. The summed E-state index contributed by atoms with van der Waals surface area (Å²) in [7, 11) is 1.68. The van der Waals surface area contributed by atoms with Crippen molar-refractivity contribution in [2.45, 2.75) is 31.9 Å². The van der Waals surface area contributed by atoms with Crippen molar-refractivity contribution in [2.75, 3.05) is 25.6 Å². The van der Waals surface area contributed by atoms with Crippen molar-refractivity contribution in [1.82, 2.24) is 4.57 Å². The van der Waals surface area contributed by atoms with Crippen LogP contribution in [0.4, 0.5) is 5.69 Å². The first-order valence-electron chi connectivity index (χ1n) is 8.52. The molecule has 4 rings (SSSR count). The van der Waals surface area contributed by atoms with E-state index < -0.39 is 0 Å². The van der Waals surface area contributed by atoms with Crippen LogP contribution in [0.15, 0.2) is 35.1 Å². The van der Waals surface area contributed by atoms with Crippen LogP contribution in [0.2, 0.25) is 0 Å². The van der Waals surface area contributed by atoms with Crippen LogP contribution < -0.4 is 15.6 Å². The average molecular weight is 326 g/mol. The summed E-state index contributed by atoms with van der Waals surface area (Å²) in [4.78, 5) is 12.5. The van der Waals surface area contributed by atoms with Gasteiger partial charge in [0.15, 0.2) is 0 Å². The van der Waals surface area contributed by atoms with Gasteiger partial charge in [0.2, 0.25) is 0 Å². The first kappa shape index (κ1) is 15.3. The number of benzene rings is 1. The van der Waals surface area contributed by atoms with Gasteiger partial charge in [-0.25, -0.2) is 0 Å². The number of nitrogens with one attached hydrogen (secondary N) is 1. The van der Waals surface area contributed by atoms with Crippen molar-refractivity contribution < 1.29 is 9.47 Å². The molecule has 1 saturated heterocycles. The van der Waals surface area contributed by atoms with Gasteiger partial charge in [-0.1, -0.05) is 0 Å². The molecule has 5 nitrogen and oxygen atoms in total. The van der Waals surface area contributed by atoms with E-state index in [1.54, 1.807) is 13.2 Å². The van der Waals surface area contributed by atoms with Crippen molar-refractivity contribution in [2.24, 2.45) is 0 Å².